The summed E-state index contributed by atoms with van der Waals surface area (Å²) in [7, 11) is 0. The van der Waals surface area contributed by atoms with E-state index in [-0.39, 0.29) is 17.6 Å². The number of para-hydroxylation sites is 1. The second-order valence-electron chi connectivity index (χ2n) is 8.34. The van der Waals surface area contributed by atoms with Crippen molar-refractivity contribution in [3.8, 4) is 22.3 Å². The number of H-pyrrole nitrogens is 1. The molecule has 5 rings (SSSR count). The van der Waals surface area contributed by atoms with E-state index < -0.39 is 0 Å². The van der Waals surface area contributed by atoms with Crippen LogP contribution < -0.4 is 10.3 Å². The molecule has 2 atom stereocenters. The second kappa shape index (κ2) is 8.41. The topological polar surface area (TPSA) is 58.2 Å². The quantitative estimate of drug-likeness (QED) is 0.421. The molecule has 0 radical (unpaired) electrons. The van der Waals surface area contributed by atoms with Gasteiger partial charge in [0.1, 0.15) is 5.15 Å². The first kappa shape index (κ1) is 20.7. The predicted molar refractivity (Wildman–Crippen MR) is 130 cm³/mol. The van der Waals surface area contributed by atoms with Crippen LogP contribution in [0.15, 0.2) is 71.8 Å². The molecule has 5 nitrogen and oxygen atoms in total. The highest BCUT2D eigenvalue weighted by Crippen LogP contribution is 2.29. The third-order valence-electron chi connectivity index (χ3n) is 5.92. The largest absolute Gasteiger partial charge is 0.372 e. The maximum absolute atomic E-state index is 13.4. The van der Waals surface area contributed by atoms with E-state index in [0.29, 0.717) is 16.1 Å². The van der Waals surface area contributed by atoms with Crippen LogP contribution in [-0.2, 0) is 4.74 Å². The van der Waals surface area contributed by atoms with Gasteiger partial charge in [0.15, 0.2) is 5.43 Å². The van der Waals surface area contributed by atoms with Crippen LogP contribution in [0.3, 0.4) is 0 Å². The zero-order valence-electron chi connectivity index (χ0n) is 18.0. The molecule has 0 amide bonds. The minimum atomic E-state index is 0.00360. The first-order valence-electron chi connectivity index (χ1n) is 10.8. The van der Waals surface area contributed by atoms with Crippen LogP contribution in [0.5, 0.6) is 0 Å². The van der Waals surface area contributed by atoms with E-state index in [1.165, 1.54) is 0 Å². The Balaban J connectivity index is 1.50. The predicted octanol–water partition coefficient (Wildman–Crippen LogP) is 5.52. The molecular weight excluding hydrogens is 422 g/mol. The lowest BCUT2D eigenvalue weighted by atomic mass is 10.00. The Hall–Kier alpha value is -3.15. The Kier molecular flexibility index (Phi) is 5.45. The number of hydrogen-bond acceptors (Lipinski definition) is 4. The van der Waals surface area contributed by atoms with Gasteiger partial charge < -0.3 is 14.6 Å². The molecule has 1 N–H and O–H groups in total. The van der Waals surface area contributed by atoms with E-state index in [1.807, 2.05) is 36.4 Å². The number of nitrogens with zero attached hydrogens (tertiary/aromatic N) is 2. The number of ether oxygens (including phenoxy) is 1. The normalized spacial score (nSPS) is 18.8. The monoisotopic (exact) mass is 445 g/mol. The van der Waals surface area contributed by atoms with Gasteiger partial charge in [-0.25, -0.2) is 4.98 Å². The van der Waals surface area contributed by atoms with E-state index in [1.54, 1.807) is 18.5 Å². The molecule has 2 unspecified atom stereocenters. The molecule has 0 bridgehead atoms. The average molecular weight is 446 g/mol. The van der Waals surface area contributed by atoms with Crippen molar-refractivity contribution in [3.63, 3.8) is 0 Å². The number of nitrogens with one attached hydrogen (secondary N) is 1. The van der Waals surface area contributed by atoms with E-state index >= 15 is 0 Å². The van der Waals surface area contributed by atoms with Gasteiger partial charge in [0.25, 0.3) is 0 Å². The van der Waals surface area contributed by atoms with E-state index in [9.17, 15) is 4.79 Å². The maximum Gasteiger partial charge on any atom is 0.197 e. The van der Waals surface area contributed by atoms with Crippen LogP contribution in [0, 0.1) is 0 Å². The first-order valence-corrected chi connectivity index (χ1v) is 11.1. The molecule has 0 aliphatic carbocycles. The number of aromatic nitrogens is 2. The van der Waals surface area contributed by atoms with Gasteiger partial charge in [-0.15, -0.1) is 0 Å². The molecule has 162 valence electrons. The van der Waals surface area contributed by atoms with Crippen LogP contribution in [0.2, 0.25) is 5.15 Å². The first-order chi connectivity index (χ1) is 15.5. The molecule has 6 heteroatoms. The molecule has 2 aromatic heterocycles. The van der Waals surface area contributed by atoms with Crippen molar-refractivity contribution in [3.05, 3.63) is 82.4 Å². The molecule has 3 heterocycles. The van der Waals surface area contributed by atoms with Gasteiger partial charge >= 0.3 is 0 Å². The number of rotatable bonds is 3. The van der Waals surface area contributed by atoms with Crippen molar-refractivity contribution >= 4 is 28.2 Å². The van der Waals surface area contributed by atoms with Crippen molar-refractivity contribution in [1.29, 1.82) is 0 Å². The molecular formula is C26H24ClN3O2. The Morgan fingerprint density at radius 3 is 2.38 bits per heavy atom. The molecule has 2 aromatic carbocycles. The van der Waals surface area contributed by atoms with Gasteiger partial charge in [0.05, 0.1) is 17.7 Å². The van der Waals surface area contributed by atoms with Crippen molar-refractivity contribution < 1.29 is 4.74 Å². The number of morpholine rings is 1. The molecule has 1 aliphatic heterocycles. The van der Waals surface area contributed by atoms with Gasteiger partial charge in [0.2, 0.25) is 0 Å². The minimum absolute atomic E-state index is 0.00360. The summed E-state index contributed by atoms with van der Waals surface area (Å²) < 4.78 is 5.84. The summed E-state index contributed by atoms with van der Waals surface area (Å²) in [4.78, 5) is 23.2. The van der Waals surface area contributed by atoms with Gasteiger partial charge in [-0.1, -0.05) is 35.9 Å². The van der Waals surface area contributed by atoms with Crippen molar-refractivity contribution in [1.82, 2.24) is 9.97 Å². The zero-order chi connectivity index (χ0) is 22.2. The summed E-state index contributed by atoms with van der Waals surface area (Å²) in [6.45, 7) is 5.92. The lowest BCUT2D eigenvalue weighted by Crippen LogP contribution is -2.45. The SMILES string of the molecule is CC1CN(c2ccc(-c3c[nH]c4c(-c5ccc(Cl)nc5)cccc4c3=O)cc2)CC(C)O1. The third kappa shape index (κ3) is 3.90. The van der Waals surface area contributed by atoms with Crippen LogP contribution in [-0.4, -0.2) is 35.3 Å². The molecule has 0 saturated carbocycles. The van der Waals surface area contributed by atoms with E-state index in [4.69, 9.17) is 16.3 Å². The molecule has 0 spiro atoms. The number of anilines is 1. The zero-order valence-corrected chi connectivity index (χ0v) is 18.8. The van der Waals surface area contributed by atoms with Crippen molar-refractivity contribution in [2.75, 3.05) is 18.0 Å². The van der Waals surface area contributed by atoms with Crippen LogP contribution >= 0.6 is 11.6 Å². The van der Waals surface area contributed by atoms with Gasteiger partial charge in [-0.3, -0.25) is 4.79 Å². The van der Waals surface area contributed by atoms with Gasteiger partial charge in [-0.05, 0) is 49.7 Å². The summed E-state index contributed by atoms with van der Waals surface area (Å²) in [5.74, 6) is 0. The molecule has 1 fully saturated rings. The minimum Gasteiger partial charge on any atom is -0.372 e. The number of fused-ring (bicyclic) bond motifs is 1. The lowest BCUT2D eigenvalue weighted by Gasteiger charge is -2.36. The second-order valence-corrected chi connectivity index (χ2v) is 8.73. The standard InChI is InChI=1S/C26H24ClN3O2/c1-16-14-30(15-17(2)32-16)20-9-6-18(7-10-20)23-13-29-25-21(4-3-5-22(25)26(23)31)19-8-11-24(27)28-12-19/h3-13,16-17H,14-15H2,1-2H3,(H,29,31). The smallest absolute Gasteiger partial charge is 0.197 e. The summed E-state index contributed by atoms with van der Waals surface area (Å²) in [6.07, 6.45) is 3.92. The summed E-state index contributed by atoms with van der Waals surface area (Å²) in [5, 5.41) is 1.09. The highest BCUT2D eigenvalue weighted by atomic mass is 35.5. The molecule has 1 aliphatic rings. The Morgan fingerprint density at radius 2 is 1.69 bits per heavy atom. The molecule has 1 saturated heterocycles. The van der Waals surface area contributed by atoms with Crippen LogP contribution in [0.25, 0.3) is 33.2 Å². The Bertz CT molecular complexity index is 1310. The highest BCUT2D eigenvalue weighted by molar-refractivity contribution is 6.29. The highest BCUT2D eigenvalue weighted by Gasteiger charge is 2.22. The fraction of sp³-hybridized carbons (Fsp3) is 0.231. The Morgan fingerprint density at radius 1 is 0.969 bits per heavy atom. The summed E-state index contributed by atoms with van der Waals surface area (Å²) in [6, 6.07) is 17.6. The maximum atomic E-state index is 13.4. The molecule has 4 aromatic rings. The Labute approximate surface area is 191 Å². The molecule has 32 heavy (non-hydrogen) atoms. The fourth-order valence-corrected chi connectivity index (χ4v) is 4.59. The van der Waals surface area contributed by atoms with Crippen molar-refractivity contribution in [2.24, 2.45) is 0 Å². The third-order valence-corrected chi connectivity index (χ3v) is 6.14. The summed E-state index contributed by atoms with van der Waals surface area (Å²) in [5.41, 5.74) is 5.31. The lowest BCUT2D eigenvalue weighted by molar-refractivity contribution is -0.00521. The van der Waals surface area contributed by atoms with Crippen LogP contribution in [0.1, 0.15) is 13.8 Å². The van der Waals surface area contributed by atoms with Gasteiger partial charge in [-0.2, -0.15) is 0 Å². The number of pyridine rings is 2. The van der Waals surface area contributed by atoms with Crippen LogP contribution in [0.4, 0.5) is 5.69 Å². The number of benzene rings is 2. The number of aromatic amines is 1. The van der Waals surface area contributed by atoms with Gasteiger partial charge in [0, 0.05) is 53.2 Å². The van der Waals surface area contributed by atoms with E-state index in [2.05, 4.69) is 40.8 Å². The number of halogens is 1. The number of hydrogen-bond donors (Lipinski definition) is 1. The average Bonchev–Trinajstić information content (AvgIpc) is 2.79. The fourth-order valence-electron chi connectivity index (χ4n) is 4.48. The van der Waals surface area contributed by atoms with E-state index in [0.717, 1.165) is 41.0 Å². The summed E-state index contributed by atoms with van der Waals surface area (Å²) >= 11 is 5.93. The van der Waals surface area contributed by atoms with Crippen molar-refractivity contribution in [2.45, 2.75) is 26.1 Å².